The van der Waals surface area contributed by atoms with Crippen molar-refractivity contribution >= 4 is 5.97 Å². The van der Waals surface area contributed by atoms with Crippen LogP contribution in [0.5, 0.6) is 34.5 Å². The van der Waals surface area contributed by atoms with Gasteiger partial charge < -0.3 is 42.8 Å². The lowest BCUT2D eigenvalue weighted by molar-refractivity contribution is 0.0220. The van der Waals surface area contributed by atoms with Crippen LogP contribution in [-0.4, -0.2) is 110 Å². The summed E-state index contributed by atoms with van der Waals surface area (Å²) in [6.07, 6.45) is 2.81. The molecule has 4 bridgehead atoms. The van der Waals surface area contributed by atoms with Gasteiger partial charge in [0.05, 0.1) is 60.9 Å². The summed E-state index contributed by atoms with van der Waals surface area (Å²) in [5.41, 5.74) is 1.29. The molecule has 3 unspecified atom stereocenters. The van der Waals surface area contributed by atoms with E-state index < -0.39 is 5.97 Å². The van der Waals surface area contributed by atoms with Crippen molar-refractivity contribution in [2.45, 2.75) is 38.4 Å². The largest absolute Gasteiger partial charge is 0.493 e. The first kappa shape index (κ1) is 32.5. The van der Waals surface area contributed by atoms with Crippen molar-refractivity contribution < 1.29 is 42.7 Å². The standard InChI is InChI=1S/C32H46N2O9/c1-36-26-18-23-19-29(31(26)40-5)42-16-6-8-25(9-12-33-10-7-11-34(14-13-33)15-17-41-22-23)43-32(35)24-20-27(37-2)30(39-4)28(21-24)38-3/h18-21,25H,6-17,22H2,1-5H3. The molecule has 1 saturated heterocycles. The highest BCUT2D eigenvalue weighted by molar-refractivity contribution is 5.91. The van der Waals surface area contributed by atoms with Gasteiger partial charge in [0.15, 0.2) is 23.0 Å². The number of methoxy groups -OCH3 is 5. The van der Waals surface area contributed by atoms with E-state index in [1.807, 2.05) is 12.1 Å². The maximum atomic E-state index is 13.4. The topological polar surface area (TPSA) is 97.4 Å². The lowest BCUT2D eigenvalue weighted by Gasteiger charge is -2.25. The fourth-order valence-corrected chi connectivity index (χ4v) is 5.53. The number of hydrogen-bond acceptors (Lipinski definition) is 11. The van der Waals surface area contributed by atoms with Crippen molar-refractivity contribution in [1.29, 1.82) is 0 Å². The third-order valence-corrected chi connectivity index (χ3v) is 7.88. The summed E-state index contributed by atoms with van der Waals surface area (Å²) in [5, 5.41) is 0. The van der Waals surface area contributed by atoms with Gasteiger partial charge in [0, 0.05) is 26.2 Å². The van der Waals surface area contributed by atoms with Gasteiger partial charge in [-0.2, -0.15) is 0 Å². The lowest BCUT2D eigenvalue weighted by Crippen LogP contribution is -2.34. The number of rotatable bonds is 7. The van der Waals surface area contributed by atoms with Crippen LogP contribution in [-0.2, 0) is 16.1 Å². The Hall–Kier alpha value is -3.41. The molecular weight excluding hydrogens is 556 g/mol. The van der Waals surface area contributed by atoms with Crippen molar-refractivity contribution in [3.05, 3.63) is 35.4 Å². The lowest BCUT2D eigenvalue weighted by atomic mass is 10.1. The van der Waals surface area contributed by atoms with Gasteiger partial charge in [-0.05, 0) is 68.6 Å². The Morgan fingerprint density at radius 1 is 0.698 bits per heavy atom. The molecule has 0 radical (unpaired) electrons. The third-order valence-electron chi connectivity index (χ3n) is 7.88. The molecule has 2 aliphatic heterocycles. The average molecular weight is 603 g/mol. The number of hydrogen-bond donors (Lipinski definition) is 0. The minimum Gasteiger partial charge on any atom is -0.493 e. The van der Waals surface area contributed by atoms with Crippen molar-refractivity contribution in [2.75, 3.05) is 88.0 Å². The van der Waals surface area contributed by atoms with E-state index in [9.17, 15) is 4.79 Å². The molecule has 0 aromatic heterocycles. The molecule has 0 N–H and O–H groups in total. The van der Waals surface area contributed by atoms with Crippen LogP contribution >= 0.6 is 0 Å². The van der Waals surface area contributed by atoms with Crippen LogP contribution in [0.25, 0.3) is 0 Å². The monoisotopic (exact) mass is 602 g/mol. The SMILES string of the molecule is COc1cc(C(=O)OC2CCCOc3cc(cc(OC)c3OC)COCCN3CCCN(CC2)CC3)cc(OC)c1OC. The highest BCUT2D eigenvalue weighted by atomic mass is 16.6. The summed E-state index contributed by atoms with van der Waals surface area (Å²) in [7, 11) is 7.78. The molecule has 238 valence electrons. The first-order chi connectivity index (χ1) is 21.0. The van der Waals surface area contributed by atoms with Crippen LogP contribution < -0.4 is 28.4 Å². The zero-order valence-corrected chi connectivity index (χ0v) is 26.1. The van der Waals surface area contributed by atoms with E-state index >= 15 is 0 Å². The first-order valence-electron chi connectivity index (χ1n) is 14.9. The van der Waals surface area contributed by atoms with E-state index in [0.29, 0.717) is 79.1 Å². The maximum absolute atomic E-state index is 13.4. The van der Waals surface area contributed by atoms with E-state index in [1.54, 1.807) is 26.4 Å². The number of carbonyl (C=O) groups is 1. The Balaban J connectivity index is 1.53. The maximum Gasteiger partial charge on any atom is 0.338 e. The molecule has 0 spiro atoms. The molecule has 3 atom stereocenters. The number of fused-ring (bicyclic) bond motifs is 5. The smallest absolute Gasteiger partial charge is 0.338 e. The summed E-state index contributed by atoms with van der Waals surface area (Å²) >= 11 is 0. The average Bonchev–Trinajstić information content (AvgIpc) is 3.27. The highest BCUT2D eigenvalue weighted by Crippen LogP contribution is 2.40. The van der Waals surface area contributed by atoms with Crippen LogP contribution in [0.1, 0.15) is 41.6 Å². The zero-order chi connectivity index (χ0) is 30.6. The Labute approximate surface area is 254 Å². The number of nitrogens with zero attached hydrogens (tertiary/aromatic N) is 2. The molecule has 2 heterocycles. The fraction of sp³-hybridized carbons (Fsp3) is 0.594. The van der Waals surface area contributed by atoms with Crippen molar-refractivity contribution in [1.82, 2.24) is 9.80 Å². The van der Waals surface area contributed by atoms with E-state index in [-0.39, 0.29) is 6.10 Å². The van der Waals surface area contributed by atoms with Gasteiger partial charge in [-0.3, -0.25) is 4.90 Å². The Morgan fingerprint density at radius 2 is 1.35 bits per heavy atom. The molecule has 11 nitrogen and oxygen atoms in total. The minimum absolute atomic E-state index is 0.301. The van der Waals surface area contributed by atoms with Gasteiger partial charge in [-0.15, -0.1) is 0 Å². The summed E-state index contributed by atoms with van der Waals surface area (Å²) in [4.78, 5) is 18.3. The molecule has 2 aromatic carbocycles. The molecule has 11 heteroatoms. The predicted molar refractivity (Wildman–Crippen MR) is 161 cm³/mol. The van der Waals surface area contributed by atoms with Gasteiger partial charge >= 0.3 is 5.97 Å². The molecule has 0 saturated carbocycles. The molecular formula is C32H46N2O9. The van der Waals surface area contributed by atoms with Crippen LogP contribution in [0.15, 0.2) is 24.3 Å². The molecule has 4 rings (SSSR count). The van der Waals surface area contributed by atoms with Gasteiger partial charge in [-0.25, -0.2) is 4.79 Å². The Kier molecular flexibility index (Phi) is 12.4. The van der Waals surface area contributed by atoms with Crippen LogP contribution in [0.2, 0.25) is 0 Å². The number of carbonyl (C=O) groups excluding carboxylic acids is 1. The van der Waals surface area contributed by atoms with Gasteiger partial charge in [0.2, 0.25) is 11.5 Å². The second-order valence-corrected chi connectivity index (χ2v) is 10.6. The summed E-state index contributed by atoms with van der Waals surface area (Å²) in [5.74, 6) is 2.52. The quantitative estimate of drug-likeness (QED) is 0.430. The summed E-state index contributed by atoms with van der Waals surface area (Å²) < 4.78 is 45.8. The molecule has 2 aliphatic rings. The number of benzene rings is 2. The van der Waals surface area contributed by atoms with Crippen molar-refractivity contribution in [3.63, 3.8) is 0 Å². The van der Waals surface area contributed by atoms with Crippen LogP contribution in [0.4, 0.5) is 0 Å². The van der Waals surface area contributed by atoms with E-state index in [0.717, 1.165) is 51.3 Å². The summed E-state index contributed by atoms with van der Waals surface area (Å²) in [6.45, 7) is 7.22. The predicted octanol–water partition coefficient (Wildman–Crippen LogP) is 4.04. The Morgan fingerprint density at radius 3 is 2.00 bits per heavy atom. The summed E-state index contributed by atoms with van der Waals surface area (Å²) in [6, 6.07) is 7.10. The number of ether oxygens (including phenoxy) is 8. The molecule has 0 aliphatic carbocycles. The fourth-order valence-electron chi connectivity index (χ4n) is 5.53. The van der Waals surface area contributed by atoms with Crippen molar-refractivity contribution in [3.8, 4) is 34.5 Å². The Bertz CT molecular complexity index is 1170. The molecule has 1 fully saturated rings. The van der Waals surface area contributed by atoms with Crippen LogP contribution in [0.3, 0.4) is 0 Å². The van der Waals surface area contributed by atoms with E-state index in [2.05, 4.69) is 9.80 Å². The van der Waals surface area contributed by atoms with E-state index in [4.69, 9.17) is 37.9 Å². The zero-order valence-electron chi connectivity index (χ0n) is 26.1. The normalized spacial score (nSPS) is 21.7. The third kappa shape index (κ3) is 8.81. The van der Waals surface area contributed by atoms with Gasteiger partial charge in [-0.1, -0.05) is 0 Å². The number of esters is 1. The van der Waals surface area contributed by atoms with Gasteiger partial charge in [0.1, 0.15) is 6.10 Å². The minimum atomic E-state index is -0.437. The molecule has 43 heavy (non-hydrogen) atoms. The highest BCUT2D eigenvalue weighted by Gasteiger charge is 2.23. The first-order valence-corrected chi connectivity index (χ1v) is 14.9. The van der Waals surface area contributed by atoms with Crippen molar-refractivity contribution in [2.24, 2.45) is 0 Å². The van der Waals surface area contributed by atoms with Gasteiger partial charge in [0.25, 0.3) is 0 Å². The van der Waals surface area contributed by atoms with E-state index in [1.165, 1.54) is 21.3 Å². The molecule has 2 aromatic rings. The second kappa shape index (κ2) is 16.4. The molecule has 0 amide bonds. The van der Waals surface area contributed by atoms with Crippen LogP contribution in [0, 0.1) is 0 Å². The second-order valence-electron chi connectivity index (χ2n) is 10.6.